The highest BCUT2D eigenvalue weighted by Gasteiger charge is 1.92. The van der Waals surface area contributed by atoms with Gasteiger partial charge in [0.2, 0.25) is 0 Å². The SMILES string of the molecule is C=c1ccc2c(c1)C=CC=2. The predicted molar refractivity (Wildman–Crippen MR) is 44.7 cm³/mol. The summed E-state index contributed by atoms with van der Waals surface area (Å²) in [5.74, 6) is 0. The zero-order valence-corrected chi connectivity index (χ0v) is 5.67. The maximum atomic E-state index is 3.85. The molecule has 0 spiro atoms. The van der Waals surface area contributed by atoms with Crippen molar-refractivity contribution < 1.29 is 0 Å². The van der Waals surface area contributed by atoms with E-state index in [1.54, 1.807) is 0 Å². The molecule has 1 aliphatic rings. The zero-order chi connectivity index (χ0) is 6.97. The van der Waals surface area contributed by atoms with Crippen molar-refractivity contribution in [3.63, 3.8) is 0 Å². The minimum absolute atomic E-state index is 1.08. The van der Waals surface area contributed by atoms with E-state index in [1.807, 2.05) is 6.07 Å². The van der Waals surface area contributed by atoms with Crippen molar-refractivity contribution in [1.82, 2.24) is 0 Å². The van der Waals surface area contributed by atoms with Gasteiger partial charge in [0, 0.05) is 0 Å². The maximum Gasteiger partial charge on any atom is -0.0178 e. The maximum absolute atomic E-state index is 3.85. The largest absolute Gasteiger partial charge is 0.0917 e. The van der Waals surface area contributed by atoms with Crippen molar-refractivity contribution in [1.29, 1.82) is 0 Å². The molecule has 2 rings (SSSR count). The number of allylic oxidation sites excluding steroid dienone is 1. The lowest BCUT2D eigenvalue weighted by atomic mass is 10.2. The Kier molecular flexibility index (Phi) is 1.01. The van der Waals surface area contributed by atoms with Crippen LogP contribution in [0, 0.1) is 0 Å². The molecule has 0 bridgehead atoms. The first kappa shape index (κ1) is 5.48. The Labute approximate surface area is 59.8 Å². The van der Waals surface area contributed by atoms with Crippen LogP contribution in [-0.2, 0) is 0 Å². The Morgan fingerprint density at radius 1 is 1.20 bits per heavy atom. The third kappa shape index (κ3) is 0.695. The van der Waals surface area contributed by atoms with E-state index >= 15 is 0 Å². The van der Waals surface area contributed by atoms with Gasteiger partial charge >= 0.3 is 0 Å². The van der Waals surface area contributed by atoms with Crippen LogP contribution in [-0.4, -0.2) is 0 Å². The molecule has 0 saturated heterocycles. The van der Waals surface area contributed by atoms with Crippen LogP contribution in [0.25, 0.3) is 18.7 Å². The fourth-order valence-corrected chi connectivity index (χ4v) is 1.18. The molecular weight excluding hydrogens is 120 g/mol. The summed E-state index contributed by atoms with van der Waals surface area (Å²) < 4.78 is 0. The van der Waals surface area contributed by atoms with Gasteiger partial charge in [-0.1, -0.05) is 36.9 Å². The highest BCUT2D eigenvalue weighted by Crippen LogP contribution is 1.97. The molecule has 1 aromatic rings. The molecule has 0 fully saturated rings. The molecule has 0 atom stereocenters. The Bertz CT molecular complexity index is 383. The fraction of sp³-hybridized carbons (Fsp3) is 0. The summed E-state index contributed by atoms with van der Waals surface area (Å²) in [5, 5.41) is 2.38. The lowest BCUT2D eigenvalue weighted by Gasteiger charge is -1.88. The van der Waals surface area contributed by atoms with E-state index in [-0.39, 0.29) is 0 Å². The molecule has 10 heavy (non-hydrogen) atoms. The van der Waals surface area contributed by atoms with Gasteiger partial charge in [-0.3, -0.25) is 0 Å². The summed E-state index contributed by atoms with van der Waals surface area (Å²) in [5.41, 5.74) is 1.28. The molecule has 0 N–H and O–H groups in total. The van der Waals surface area contributed by atoms with Crippen LogP contribution in [0.3, 0.4) is 0 Å². The van der Waals surface area contributed by atoms with Crippen LogP contribution in [0.15, 0.2) is 24.3 Å². The molecule has 1 aliphatic carbocycles. The number of hydrogen-bond acceptors (Lipinski definition) is 0. The molecule has 0 nitrogen and oxygen atoms in total. The molecule has 48 valence electrons. The van der Waals surface area contributed by atoms with Crippen molar-refractivity contribution in [3.8, 4) is 0 Å². The summed E-state index contributed by atoms with van der Waals surface area (Å²) in [6, 6.07) is 6.22. The Morgan fingerprint density at radius 3 is 3.00 bits per heavy atom. The van der Waals surface area contributed by atoms with Gasteiger partial charge in [-0.2, -0.15) is 0 Å². The molecule has 0 heterocycles. The highest BCUT2D eigenvalue weighted by atomic mass is 14.0. The van der Waals surface area contributed by atoms with E-state index in [4.69, 9.17) is 0 Å². The van der Waals surface area contributed by atoms with Crippen molar-refractivity contribution in [2.75, 3.05) is 0 Å². The van der Waals surface area contributed by atoms with E-state index in [2.05, 4.69) is 36.9 Å². The number of fused-ring (bicyclic) bond motifs is 1. The van der Waals surface area contributed by atoms with Gasteiger partial charge in [-0.05, 0) is 22.1 Å². The smallest absolute Gasteiger partial charge is 0.0178 e. The molecule has 1 aromatic carbocycles. The lowest BCUT2D eigenvalue weighted by molar-refractivity contribution is 1.54. The molecular formula is C10H8. The third-order valence-electron chi connectivity index (χ3n) is 1.70. The third-order valence-corrected chi connectivity index (χ3v) is 1.70. The fourth-order valence-electron chi connectivity index (χ4n) is 1.18. The minimum atomic E-state index is 1.08. The molecule has 0 aromatic heterocycles. The van der Waals surface area contributed by atoms with Gasteiger partial charge in [0.05, 0.1) is 0 Å². The Hall–Kier alpha value is -1.30. The highest BCUT2D eigenvalue weighted by molar-refractivity contribution is 5.66. The van der Waals surface area contributed by atoms with Crippen LogP contribution >= 0.6 is 0 Å². The van der Waals surface area contributed by atoms with Crippen LogP contribution < -0.4 is 10.4 Å². The van der Waals surface area contributed by atoms with E-state index < -0.39 is 0 Å². The van der Waals surface area contributed by atoms with Gasteiger partial charge in [-0.15, -0.1) is 0 Å². The summed E-state index contributed by atoms with van der Waals surface area (Å²) in [7, 11) is 0. The Morgan fingerprint density at radius 2 is 2.10 bits per heavy atom. The van der Waals surface area contributed by atoms with E-state index in [9.17, 15) is 0 Å². The van der Waals surface area contributed by atoms with Crippen LogP contribution in [0.5, 0.6) is 0 Å². The lowest BCUT2D eigenvalue weighted by Crippen LogP contribution is -2.07. The first-order valence-electron chi connectivity index (χ1n) is 3.34. The van der Waals surface area contributed by atoms with E-state index in [0.29, 0.717) is 0 Å². The van der Waals surface area contributed by atoms with Gasteiger partial charge < -0.3 is 0 Å². The zero-order valence-electron chi connectivity index (χ0n) is 5.67. The van der Waals surface area contributed by atoms with Crippen molar-refractivity contribution >= 4 is 18.7 Å². The van der Waals surface area contributed by atoms with Crippen LogP contribution in [0.2, 0.25) is 0 Å². The molecule has 0 aliphatic heterocycles. The van der Waals surface area contributed by atoms with Gasteiger partial charge in [0.25, 0.3) is 0 Å². The summed E-state index contributed by atoms with van der Waals surface area (Å²) in [6.07, 6.45) is 6.27. The quantitative estimate of drug-likeness (QED) is 0.487. The first-order valence-corrected chi connectivity index (χ1v) is 3.34. The first-order chi connectivity index (χ1) is 4.86. The molecule has 0 unspecified atom stereocenters. The van der Waals surface area contributed by atoms with E-state index in [0.717, 1.165) is 5.22 Å². The number of hydrogen-bond donors (Lipinski definition) is 0. The van der Waals surface area contributed by atoms with Gasteiger partial charge in [0.1, 0.15) is 0 Å². The molecule has 0 radical (unpaired) electrons. The summed E-state index contributed by atoms with van der Waals surface area (Å²) >= 11 is 0. The average Bonchev–Trinajstić information content (AvgIpc) is 2.33. The monoisotopic (exact) mass is 128 g/mol. The van der Waals surface area contributed by atoms with Crippen LogP contribution in [0.4, 0.5) is 0 Å². The molecule has 0 heteroatoms. The standard InChI is InChI=1S/C10H8/c1-8-5-6-9-3-2-4-10(9)7-8/h2-7H,1H2. The van der Waals surface area contributed by atoms with Crippen molar-refractivity contribution in [2.45, 2.75) is 0 Å². The summed E-state index contributed by atoms with van der Waals surface area (Å²) in [6.45, 7) is 3.85. The number of rotatable bonds is 0. The second-order valence-corrected chi connectivity index (χ2v) is 2.49. The van der Waals surface area contributed by atoms with Crippen molar-refractivity contribution in [3.05, 3.63) is 40.3 Å². The average molecular weight is 128 g/mol. The van der Waals surface area contributed by atoms with E-state index in [1.165, 1.54) is 10.8 Å². The second kappa shape index (κ2) is 1.84. The normalized spacial score (nSPS) is 12.8. The minimum Gasteiger partial charge on any atom is -0.0917 e. The van der Waals surface area contributed by atoms with Gasteiger partial charge in [-0.25, -0.2) is 0 Å². The second-order valence-electron chi connectivity index (χ2n) is 2.49. The topological polar surface area (TPSA) is 0 Å². The van der Waals surface area contributed by atoms with Crippen molar-refractivity contribution in [2.24, 2.45) is 0 Å². The van der Waals surface area contributed by atoms with Crippen LogP contribution in [0.1, 0.15) is 5.56 Å². The summed E-state index contributed by atoms with van der Waals surface area (Å²) in [4.78, 5) is 0. The Balaban J connectivity index is 2.89. The molecule has 0 saturated carbocycles. The predicted octanol–water partition coefficient (Wildman–Crippen LogP) is 0.904. The van der Waals surface area contributed by atoms with Gasteiger partial charge in [0.15, 0.2) is 0 Å². The number of benzene rings is 1. The molecule has 0 amide bonds.